The molecule has 31 heavy (non-hydrogen) atoms. The molecule has 1 saturated heterocycles. The minimum absolute atomic E-state index is 0.101. The summed E-state index contributed by atoms with van der Waals surface area (Å²) in [6.07, 6.45) is 1.02. The second-order valence-electron chi connectivity index (χ2n) is 7.37. The third-order valence-electron chi connectivity index (χ3n) is 5.35. The highest BCUT2D eigenvalue weighted by Crippen LogP contribution is 2.34. The van der Waals surface area contributed by atoms with Gasteiger partial charge in [0.1, 0.15) is 22.8 Å². The largest absolute Gasteiger partial charge is 0.494 e. The van der Waals surface area contributed by atoms with E-state index in [-0.39, 0.29) is 11.4 Å². The fraction of sp³-hybridized carbons (Fsp3) is 0.333. The normalized spacial score (nSPS) is 15.9. The highest BCUT2D eigenvalue weighted by atomic mass is 16.6. The number of nitro groups is 1. The van der Waals surface area contributed by atoms with Crippen LogP contribution in [-0.2, 0) is 0 Å². The Kier molecular flexibility index (Phi) is 5.72. The molecule has 0 saturated carbocycles. The maximum atomic E-state index is 11.2. The summed E-state index contributed by atoms with van der Waals surface area (Å²) in [6, 6.07) is 10.7. The molecule has 1 aliphatic rings. The van der Waals surface area contributed by atoms with Gasteiger partial charge in [-0.3, -0.25) is 10.1 Å². The molecule has 0 aliphatic carbocycles. The molecule has 0 bridgehead atoms. The number of anilines is 4. The van der Waals surface area contributed by atoms with Crippen LogP contribution in [0, 0.1) is 10.1 Å². The van der Waals surface area contributed by atoms with Gasteiger partial charge in [-0.25, -0.2) is 4.98 Å². The van der Waals surface area contributed by atoms with Gasteiger partial charge in [-0.2, -0.15) is 4.98 Å². The Hall–Kier alpha value is -3.66. The molecule has 10 nitrogen and oxygen atoms in total. The summed E-state index contributed by atoms with van der Waals surface area (Å²) in [5.41, 5.74) is 6.80. The lowest BCUT2D eigenvalue weighted by Gasteiger charge is -2.21. The second-order valence-corrected chi connectivity index (χ2v) is 7.37. The summed E-state index contributed by atoms with van der Waals surface area (Å²) in [7, 11) is 1.60. The number of benzene rings is 2. The molecule has 0 amide bonds. The quantitative estimate of drug-likeness (QED) is 0.298. The van der Waals surface area contributed by atoms with Gasteiger partial charge in [0, 0.05) is 36.3 Å². The molecule has 4 rings (SSSR count). The van der Waals surface area contributed by atoms with Gasteiger partial charge in [0.05, 0.1) is 12.0 Å². The monoisotopic (exact) mass is 423 g/mol. The number of ether oxygens (including phenoxy) is 1. The summed E-state index contributed by atoms with van der Waals surface area (Å²) >= 11 is 0. The molecule has 3 aromatic rings. The van der Waals surface area contributed by atoms with Crippen LogP contribution in [0.5, 0.6) is 5.75 Å². The SMILES string of the molecule is CCN[C@H]1CCN(c2nc(Nc3ccc(N)c([N+](=O)[O-])c3)nc3c(OC)cccc23)C1. The summed E-state index contributed by atoms with van der Waals surface area (Å²) in [5.74, 6) is 1.77. The van der Waals surface area contributed by atoms with Crippen molar-refractivity contribution in [1.82, 2.24) is 15.3 Å². The van der Waals surface area contributed by atoms with Gasteiger partial charge in [0.15, 0.2) is 0 Å². The van der Waals surface area contributed by atoms with Crippen LogP contribution in [0.2, 0.25) is 0 Å². The number of para-hydroxylation sites is 1. The molecule has 0 spiro atoms. The number of nitrogens with zero attached hydrogens (tertiary/aromatic N) is 4. The first-order valence-electron chi connectivity index (χ1n) is 10.1. The number of hydrogen-bond donors (Lipinski definition) is 3. The summed E-state index contributed by atoms with van der Waals surface area (Å²) < 4.78 is 5.52. The highest BCUT2D eigenvalue weighted by Gasteiger charge is 2.25. The van der Waals surface area contributed by atoms with E-state index >= 15 is 0 Å². The van der Waals surface area contributed by atoms with E-state index in [9.17, 15) is 10.1 Å². The minimum atomic E-state index is -0.513. The van der Waals surface area contributed by atoms with Crippen LogP contribution >= 0.6 is 0 Å². The first-order chi connectivity index (χ1) is 15.0. The predicted octanol–water partition coefficient (Wildman–Crippen LogP) is 3.06. The van der Waals surface area contributed by atoms with Gasteiger partial charge in [0.25, 0.3) is 5.69 Å². The van der Waals surface area contributed by atoms with E-state index in [0.717, 1.165) is 37.3 Å². The lowest BCUT2D eigenvalue weighted by molar-refractivity contribution is -0.383. The zero-order chi connectivity index (χ0) is 22.0. The van der Waals surface area contributed by atoms with Crippen LogP contribution in [0.4, 0.5) is 28.8 Å². The zero-order valence-corrected chi connectivity index (χ0v) is 17.5. The number of methoxy groups -OCH3 is 1. The van der Waals surface area contributed by atoms with Crippen molar-refractivity contribution in [3.8, 4) is 5.75 Å². The van der Waals surface area contributed by atoms with Gasteiger partial charge in [-0.15, -0.1) is 0 Å². The predicted molar refractivity (Wildman–Crippen MR) is 121 cm³/mol. The molecule has 162 valence electrons. The average molecular weight is 423 g/mol. The van der Waals surface area contributed by atoms with Crippen molar-refractivity contribution < 1.29 is 9.66 Å². The Balaban J connectivity index is 1.76. The van der Waals surface area contributed by atoms with Gasteiger partial charge in [-0.05, 0) is 37.2 Å². The third-order valence-corrected chi connectivity index (χ3v) is 5.35. The number of nitrogen functional groups attached to an aromatic ring is 1. The van der Waals surface area contributed by atoms with Crippen molar-refractivity contribution in [2.75, 3.05) is 42.7 Å². The number of nitro benzene ring substituents is 1. The molecule has 1 aliphatic heterocycles. The average Bonchev–Trinajstić information content (AvgIpc) is 3.22. The number of hydrogen-bond acceptors (Lipinski definition) is 9. The number of nitrogens with two attached hydrogens (primary N) is 1. The standard InChI is InChI=1S/C21H25N7O3/c1-3-23-14-9-10-27(12-14)20-15-5-4-6-18(31-2)19(15)25-21(26-20)24-13-7-8-16(22)17(11-13)28(29)30/h4-8,11,14,23H,3,9-10,12,22H2,1-2H3,(H,24,25,26)/t14-/m0/s1. The molecular weight excluding hydrogens is 398 g/mol. The van der Waals surface area contributed by atoms with Crippen LogP contribution in [-0.4, -0.2) is 47.7 Å². The van der Waals surface area contributed by atoms with E-state index in [2.05, 4.69) is 27.4 Å². The van der Waals surface area contributed by atoms with Crippen LogP contribution < -0.4 is 26.0 Å². The molecule has 10 heteroatoms. The van der Waals surface area contributed by atoms with Crippen molar-refractivity contribution >= 4 is 39.7 Å². The van der Waals surface area contributed by atoms with Gasteiger partial charge < -0.3 is 26.0 Å². The molecule has 1 atom stereocenters. The summed E-state index contributed by atoms with van der Waals surface area (Å²) in [4.78, 5) is 22.4. The first kappa shape index (κ1) is 20.6. The Morgan fingerprint density at radius 2 is 2.16 bits per heavy atom. The van der Waals surface area contributed by atoms with Crippen molar-refractivity contribution in [3.63, 3.8) is 0 Å². The molecule has 1 aromatic heterocycles. The van der Waals surface area contributed by atoms with E-state index in [1.807, 2.05) is 18.2 Å². The van der Waals surface area contributed by atoms with Crippen molar-refractivity contribution in [1.29, 1.82) is 0 Å². The molecule has 2 aromatic carbocycles. The maximum Gasteiger partial charge on any atom is 0.294 e. The van der Waals surface area contributed by atoms with Gasteiger partial charge in [-0.1, -0.05) is 13.0 Å². The van der Waals surface area contributed by atoms with Crippen LogP contribution in [0.25, 0.3) is 10.9 Å². The van der Waals surface area contributed by atoms with Crippen LogP contribution in [0.15, 0.2) is 36.4 Å². The van der Waals surface area contributed by atoms with Crippen molar-refractivity contribution in [3.05, 3.63) is 46.5 Å². The maximum absolute atomic E-state index is 11.2. The zero-order valence-electron chi connectivity index (χ0n) is 17.5. The smallest absolute Gasteiger partial charge is 0.294 e. The third kappa shape index (κ3) is 4.15. The lowest BCUT2D eigenvalue weighted by Crippen LogP contribution is -2.32. The number of likely N-dealkylation sites (N-methyl/N-ethyl adjacent to an activating group) is 1. The van der Waals surface area contributed by atoms with Crippen molar-refractivity contribution in [2.45, 2.75) is 19.4 Å². The Bertz CT molecular complexity index is 1120. The minimum Gasteiger partial charge on any atom is -0.494 e. The van der Waals surface area contributed by atoms with Crippen LogP contribution in [0.1, 0.15) is 13.3 Å². The fourth-order valence-electron chi connectivity index (χ4n) is 3.89. The fourth-order valence-corrected chi connectivity index (χ4v) is 3.89. The second kappa shape index (κ2) is 8.60. The van der Waals surface area contributed by atoms with Crippen LogP contribution in [0.3, 0.4) is 0 Å². The van der Waals surface area contributed by atoms with E-state index in [1.165, 1.54) is 12.1 Å². The summed E-state index contributed by atoms with van der Waals surface area (Å²) in [6.45, 7) is 4.72. The first-order valence-corrected chi connectivity index (χ1v) is 10.1. The highest BCUT2D eigenvalue weighted by molar-refractivity contribution is 5.94. The number of nitrogens with one attached hydrogen (secondary N) is 2. The van der Waals surface area contributed by atoms with Crippen molar-refractivity contribution in [2.24, 2.45) is 0 Å². The molecule has 4 N–H and O–H groups in total. The molecule has 2 heterocycles. The lowest BCUT2D eigenvalue weighted by atomic mass is 10.2. The van der Waals surface area contributed by atoms with E-state index in [1.54, 1.807) is 13.2 Å². The van der Waals surface area contributed by atoms with E-state index in [4.69, 9.17) is 15.5 Å². The number of aromatic nitrogens is 2. The van der Waals surface area contributed by atoms with E-state index in [0.29, 0.717) is 28.9 Å². The number of fused-ring (bicyclic) bond motifs is 1. The Labute approximate surface area is 179 Å². The molecule has 0 radical (unpaired) electrons. The molecular formula is C21H25N7O3. The summed E-state index contributed by atoms with van der Waals surface area (Å²) in [5, 5.41) is 18.7. The Morgan fingerprint density at radius 3 is 2.90 bits per heavy atom. The van der Waals surface area contributed by atoms with E-state index < -0.39 is 4.92 Å². The van der Waals surface area contributed by atoms with Gasteiger partial charge in [0.2, 0.25) is 5.95 Å². The topological polar surface area (TPSA) is 131 Å². The molecule has 0 unspecified atom stereocenters. The Morgan fingerprint density at radius 1 is 1.32 bits per heavy atom. The molecule has 1 fully saturated rings. The van der Waals surface area contributed by atoms with Gasteiger partial charge >= 0.3 is 0 Å². The number of rotatable bonds is 7.